The van der Waals surface area contributed by atoms with Crippen molar-refractivity contribution in [3.05, 3.63) is 23.8 Å². The first-order valence-corrected chi connectivity index (χ1v) is 6.91. The first-order valence-electron chi connectivity index (χ1n) is 5.43. The number of ether oxygens (including phenoxy) is 1. The highest BCUT2D eigenvalue weighted by Crippen LogP contribution is 2.20. The monoisotopic (exact) mass is 288 g/mol. The molecule has 0 amide bonds. The standard InChI is InChI=1S/C11H16N2O5S/c1-7(6-14)13-19(16,17)10-4-3-8(12)5-9(10)11(15)18-2/h3-5,7,13-14H,6,12H2,1-2H3/t7-/m1/s1. The van der Waals surface area contributed by atoms with E-state index in [1.807, 2.05) is 0 Å². The first-order chi connectivity index (χ1) is 8.81. The Bertz CT molecular complexity index is 570. The predicted molar refractivity (Wildman–Crippen MR) is 69.1 cm³/mol. The summed E-state index contributed by atoms with van der Waals surface area (Å²) in [4.78, 5) is 11.3. The second-order valence-corrected chi connectivity index (χ2v) is 5.63. The number of rotatable bonds is 5. The summed E-state index contributed by atoms with van der Waals surface area (Å²) < 4.78 is 30.9. The fourth-order valence-electron chi connectivity index (χ4n) is 1.42. The van der Waals surface area contributed by atoms with Crippen LogP contribution in [0.15, 0.2) is 23.1 Å². The Morgan fingerprint density at radius 2 is 2.16 bits per heavy atom. The van der Waals surface area contributed by atoms with Gasteiger partial charge in [0.2, 0.25) is 10.0 Å². The number of methoxy groups -OCH3 is 1. The molecule has 0 aromatic heterocycles. The van der Waals surface area contributed by atoms with Gasteiger partial charge in [0.15, 0.2) is 0 Å². The molecule has 0 unspecified atom stereocenters. The highest BCUT2D eigenvalue weighted by Gasteiger charge is 2.24. The van der Waals surface area contributed by atoms with E-state index in [9.17, 15) is 13.2 Å². The zero-order chi connectivity index (χ0) is 14.6. The Balaban J connectivity index is 3.30. The minimum absolute atomic E-state index is 0.153. The van der Waals surface area contributed by atoms with Gasteiger partial charge in [-0.3, -0.25) is 0 Å². The third kappa shape index (κ3) is 3.66. The number of anilines is 1. The number of carbonyl (C=O) groups excluding carboxylic acids is 1. The van der Waals surface area contributed by atoms with E-state index in [1.54, 1.807) is 0 Å². The van der Waals surface area contributed by atoms with Crippen molar-refractivity contribution >= 4 is 21.7 Å². The fraction of sp³-hybridized carbons (Fsp3) is 0.364. The molecule has 0 aliphatic rings. The maximum absolute atomic E-state index is 12.1. The second kappa shape index (κ2) is 6.00. The Labute approximate surface area is 111 Å². The van der Waals surface area contributed by atoms with Crippen LogP contribution < -0.4 is 10.5 Å². The van der Waals surface area contributed by atoms with Crippen molar-refractivity contribution in [3.63, 3.8) is 0 Å². The Morgan fingerprint density at radius 3 is 2.68 bits per heavy atom. The van der Waals surface area contributed by atoms with Gasteiger partial charge in [-0.05, 0) is 25.1 Å². The SMILES string of the molecule is COC(=O)c1cc(N)ccc1S(=O)(=O)N[C@H](C)CO. The lowest BCUT2D eigenvalue weighted by Gasteiger charge is -2.14. The van der Waals surface area contributed by atoms with E-state index in [0.29, 0.717) is 0 Å². The number of nitrogens with one attached hydrogen (secondary N) is 1. The summed E-state index contributed by atoms with van der Waals surface area (Å²) in [5.74, 6) is -0.802. The lowest BCUT2D eigenvalue weighted by molar-refractivity contribution is 0.0596. The molecule has 0 bridgehead atoms. The van der Waals surface area contributed by atoms with Crippen LogP contribution >= 0.6 is 0 Å². The molecule has 0 saturated heterocycles. The molecule has 0 heterocycles. The third-order valence-electron chi connectivity index (χ3n) is 2.33. The average Bonchev–Trinajstić information content (AvgIpc) is 2.36. The smallest absolute Gasteiger partial charge is 0.339 e. The molecule has 1 atom stereocenters. The first kappa shape index (κ1) is 15.4. The zero-order valence-corrected chi connectivity index (χ0v) is 11.4. The van der Waals surface area contributed by atoms with Crippen LogP contribution in [-0.2, 0) is 14.8 Å². The molecular formula is C11H16N2O5S. The van der Waals surface area contributed by atoms with Crippen molar-refractivity contribution in [1.29, 1.82) is 0 Å². The number of carbonyl (C=O) groups is 1. The Morgan fingerprint density at radius 1 is 1.53 bits per heavy atom. The van der Waals surface area contributed by atoms with Crippen LogP contribution in [0.25, 0.3) is 0 Å². The maximum atomic E-state index is 12.1. The number of aliphatic hydroxyl groups is 1. The van der Waals surface area contributed by atoms with Gasteiger partial charge in [0, 0.05) is 11.7 Å². The van der Waals surface area contributed by atoms with E-state index in [4.69, 9.17) is 10.8 Å². The summed E-state index contributed by atoms with van der Waals surface area (Å²) >= 11 is 0. The Kier molecular flexibility index (Phi) is 4.87. The van der Waals surface area contributed by atoms with Gasteiger partial charge >= 0.3 is 5.97 Å². The van der Waals surface area contributed by atoms with Crippen molar-refractivity contribution in [2.45, 2.75) is 17.9 Å². The molecule has 8 heteroatoms. The van der Waals surface area contributed by atoms with Crippen LogP contribution in [0.2, 0.25) is 0 Å². The van der Waals surface area contributed by atoms with E-state index in [0.717, 1.165) is 7.11 Å². The van der Waals surface area contributed by atoms with Gasteiger partial charge in [-0.25, -0.2) is 17.9 Å². The van der Waals surface area contributed by atoms with Gasteiger partial charge in [0.25, 0.3) is 0 Å². The molecule has 1 rings (SSSR count). The molecule has 4 N–H and O–H groups in total. The largest absolute Gasteiger partial charge is 0.465 e. The van der Waals surface area contributed by atoms with Gasteiger partial charge in [0.05, 0.1) is 24.2 Å². The molecule has 0 spiro atoms. The van der Waals surface area contributed by atoms with Gasteiger partial charge < -0.3 is 15.6 Å². The zero-order valence-electron chi connectivity index (χ0n) is 10.6. The number of nitrogen functional groups attached to an aromatic ring is 1. The molecule has 7 nitrogen and oxygen atoms in total. The molecule has 0 radical (unpaired) electrons. The number of nitrogens with two attached hydrogens (primary N) is 1. The molecule has 0 fully saturated rings. The van der Waals surface area contributed by atoms with Crippen LogP contribution in [0.3, 0.4) is 0 Å². The summed E-state index contributed by atoms with van der Waals surface area (Å²) in [7, 11) is -2.80. The van der Waals surface area contributed by atoms with Gasteiger partial charge in [0.1, 0.15) is 0 Å². The lowest BCUT2D eigenvalue weighted by Crippen LogP contribution is -2.35. The highest BCUT2D eigenvalue weighted by atomic mass is 32.2. The molecule has 0 aliphatic heterocycles. The van der Waals surface area contributed by atoms with Crippen LogP contribution in [0, 0.1) is 0 Å². The maximum Gasteiger partial charge on any atom is 0.339 e. The number of aliphatic hydroxyl groups excluding tert-OH is 1. The lowest BCUT2D eigenvalue weighted by atomic mass is 10.2. The quantitative estimate of drug-likeness (QED) is 0.506. The average molecular weight is 288 g/mol. The summed E-state index contributed by atoms with van der Waals surface area (Å²) in [5, 5.41) is 8.88. The van der Waals surface area contributed by atoms with Crippen LogP contribution in [0.5, 0.6) is 0 Å². The predicted octanol–water partition coefficient (Wildman–Crippen LogP) is -0.286. The second-order valence-electron chi connectivity index (χ2n) is 3.95. The molecule has 106 valence electrons. The third-order valence-corrected chi connectivity index (χ3v) is 3.98. The number of hydrogen-bond acceptors (Lipinski definition) is 6. The van der Waals surface area contributed by atoms with Crippen molar-refractivity contribution < 1.29 is 23.1 Å². The minimum Gasteiger partial charge on any atom is -0.465 e. The number of benzene rings is 1. The summed E-state index contributed by atoms with van der Waals surface area (Å²) in [6, 6.07) is 3.14. The summed E-state index contributed by atoms with van der Waals surface area (Å²) in [6.07, 6.45) is 0. The van der Waals surface area contributed by atoms with Gasteiger partial charge in [-0.15, -0.1) is 0 Å². The number of hydrogen-bond donors (Lipinski definition) is 3. The van der Waals surface area contributed by atoms with Crippen LogP contribution in [0.4, 0.5) is 5.69 Å². The molecule has 0 aliphatic carbocycles. The van der Waals surface area contributed by atoms with E-state index >= 15 is 0 Å². The number of esters is 1. The van der Waals surface area contributed by atoms with E-state index in [-0.39, 0.29) is 22.8 Å². The molecular weight excluding hydrogens is 272 g/mol. The number of sulfonamides is 1. The molecule has 1 aromatic carbocycles. The van der Waals surface area contributed by atoms with Crippen molar-refractivity contribution in [2.75, 3.05) is 19.5 Å². The molecule has 19 heavy (non-hydrogen) atoms. The Hall–Kier alpha value is -1.64. The highest BCUT2D eigenvalue weighted by molar-refractivity contribution is 7.89. The summed E-state index contributed by atoms with van der Waals surface area (Å²) in [5.41, 5.74) is 5.62. The molecule has 0 saturated carbocycles. The van der Waals surface area contributed by atoms with E-state index < -0.39 is 22.0 Å². The van der Waals surface area contributed by atoms with E-state index in [2.05, 4.69) is 9.46 Å². The molecule has 1 aromatic rings. The van der Waals surface area contributed by atoms with E-state index in [1.165, 1.54) is 25.1 Å². The van der Waals surface area contributed by atoms with Crippen molar-refractivity contribution in [1.82, 2.24) is 4.72 Å². The van der Waals surface area contributed by atoms with Crippen LogP contribution in [0.1, 0.15) is 17.3 Å². The minimum atomic E-state index is -3.94. The van der Waals surface area contributed by atoms with Gasteiger partial charge in [-0.1, -0.05) is 0 Å². The summed E-state index contributed by atoms with van der Waals surface area (Å²) in [6.45, 7) is 1.13. The van der Waals surface area contributed by atoms with Crippen molar-refractivity contribution in [2.24, 2.45) is 0 Å². The normalized spacial score (nSPS) is 13.0. The van der Waals surface area contributed by atoms with Crippen LogP contribution in [-0.4, -0.2) is 39.3 Å². The fourth-order valence-corrected chi connectivity index (χ4v) is 2.83. The van der Waals surface area contributed by atoms with Gasteiger partial charge in [-0.2, -0.15) is 0 Å². The van der Waals surface area contributed by atoms with Crippen molar-refractivity contribution in [3.8, 4) is 0 Å². The topological polar surface area (TPSA) is 119 Å².